The van der Waals surface area contributed by atoms with Crippen LogP contribution in [0.5, 0.6) is 0 Å². The van der Waals surface area contributed by atoms with Crippen molar-refractivity contribution in [1.82, 2.24) is 9.13 Å². The first-order chi connectivity index (χ1) is 28.8. The predicted octanol–water partition coefficient (Wildman–Crippen LogP) is 15.7. The molecule has 9 rings (SSSR count). The van der Waals surface area contributed by atoms with Crippen LogP contribution < -0.4 is 0 Å². The van der Waals surface area contributed by atoms with E-state index in [2.05, 4.69) is 4.85 Å². The summed E-state index contributed by atoms with van der Waals surface area (Å²) in [6, 6.07) is 31.4. The lowest BCUT2D eigenvalue weighted by Crippen LogP contribution is -2.06. The van der Waals surface area contributed by atoms with Crippen molar-refractivity contribution in [1.29, 1.82) is 0 Å². The number of alkyl halides is 9. The molecule has 0 radical (unpaired) electrons. The molecular formula is C49H30F9N3. The standard InChI is InChI=1S/C49H30F9N3/c1-26-5-12-41-36(19-26)37-20-27(2)6-13-42(37)61(41)46-22-29(30-17-28(3)18-33(21-30)49(56,57)58)7-11-35(46)40-25-34(59-4)10-16-45(40)60-43-14-8-31(47(50,51)52)23-38(43)39-24-32(48(53,54)55)9-15-44(39)60/h5-25H,1-3H3. The third-order valence-corrected chi connectivity index (χ3v) is 11.1. The maximum Gasteiger partial charge on any atom is 0.416 e. The summed E-state index contributed by atoms with van der Waals surface area (Å²) >= 11 is 0. The van der Waals surface area contributed by atoms with Gasteiger partial charge in [0, 0.05) is 27.1 Å². The van der Waals surface area contributed by atoms with E-state index in [0.29, 0.717) is 39.2 Å². The number of hydrogen-bond donors (Lipinski definition) is 0. The maximum absolute atomic E-state index is 14.2. The Balaban J connectivity index is 1.41. The van der Waals surface area contributed by atoms with Gasteiger partial charge >= 0.3 is 18.5 Å². The molecule has 7 aromatic carbocycles. The van der Waals surface area contributed by atoms with Gasteiger partial charge in [-0.2, -0.15) is 39.5 Å². The maximum atomic E-state index is 14.2. The van der Waals surface area contributed by atoms with E-state index in [0.717, 1.165) is 69.3 Å². The predicted molar refractivity (Wildman–Crippen MR) is 221 cm³/mol. The normalized spacial score (nSPS) is 12.6. The van der Waals surface area contributed by atoms with Crippen LogP contribution in [0.4, 0.5) is 45.2 Å². The fourth-order valence-electron chi connectivity index (χ4n) is 8.39. The molecule has 3 nitrogen and oxygen atoms in total. The fourth-order valence-corrected chi connectivity index (χ4v) is 8.39. The molecule has 2 aromatic heterocycles. The Morgan fingerprint density at radius 1 is 0.393 bits per heavy atom. The van der Waals surface area contributed by atoms with Crippen LogP contribution in [0.1, 0.15) is 33.4 Å². The Bertz CT molecular complexity index is 3190. The molecule has 0 aliphatic rings. The van der Waals surface area contributed by atoms with Gasteiger partial charge < -0.3 is 9.13 Å². The van der Waals surface area contributed by atoms with Crippen molar-refractivity contribution in [3.8, 4) is 33.6 Å². The van der Waals surface area contributed by atoms with E-state index >= 15 is 0 Å². The van der Waals surface area contributed by atoms with E-state index in [1.165, 1.54) is 18.2 Å². The van der Waals surface area contributed by atoms with Crippen LogP contribution in [0.3, 0.4) is 0 Å². The highest BCUT2D eigenvalue weighted by molar-refractivity contribution is 6.12. The van der Waals surface area contributed by atoms with Crippen molar-refractivity contribution in [3.05, 3.63) is 172 Å². The van der Waals surface area contributed by atoms with E-state index in [4.69, 9.17) is 6.57 Å². The second kappa shape index (κ2) is 13.8. The van der Waals surface area contributed by atoms with E-state index in [1.807, 2.05) is 54.8 Å². The van der Waals surface area contributed by atoms with Crippen molar-refractivity contribution >= 4 is 49.3 Å². The Morgan fingerprint density at radius 2 is 0.885 bits per heavy atom. The topological polar surface area (TPSA) is 14.2 Å². The summed E-state index contributed by atoms with van der Waals surface area (Å²) in [5.74, 6) is 0. The van der Waals surface area contributed by atoms with Crippen LogP contribution in [0.2, 0.25) is 0 Å². The summed E-state index contributed by atoms with van der Waals surface area (Å²) in [5.41, 5.74) is 4.00. The lowest BCUT2D eigenvalue weighted by Gasteiger charge is -2.20. The SMILES string of the molecule is [C-]#[N+]c1ccc(-n2c3ccc(C(F)(F)F)cc3c3cc(C(F)(F)F)ccc32)c(-c2ccc(-c3cc(C)cc(C(F)(F)F)c3)cc2-n2c3ccc(C)cc3c3cc(C)ccc32)c1. The van der Waals surface area contributed by atoms with Gasteiger partial charge in [-0.1, -0.05) is 47.5 Å². The molecular weight excluding hydrogens is 802 g/mol. The molecule has 0 fully saturated rings. The molecule has 0 unspecified atom stereocenters. The van der Waals surface area contributed by atoms with Crippen LogP contribution >= 0.6 is 0 Å². The number of aromatic nitrogens is 2. The van der Waals surface area contributed by atoms with Crippen molar-refractivity contribution < 1.29 is 39.5 Å². The number of hydrogen-bond acceptors (Lipinski definition) is 0. The van der Waals surface area contributed by atoms with Crippen LogP contribution in [0.25, 0.3) is 82.1 Å². The fraction of sp³-hybridized carbons (Fsp3) is 0.122. The first kappa shape index (κ1) is 39.5. The number of halogens is 9. The molecule has 2 heterocycles. The molecule has 0 spiro atoms. The summed E-state index contributed by atoms with van der Waals surface area (Å²) in [4.78, 5) is 3.68. The smallest absolute Gasteiger partial charge is 0.309 e. The zero-order valence-electron chi connectivity index (χ0n) is 32.4. The molecule has 0 aliphatic carbocycles. The highest BCUT2D eigenvalue weighted by atomic mass is 19.4. The molecule has 0 aliphatic heterocycles. The first-order valence-corrected chi connectivity index (χ1v) is 18.9. The summed E-state index contributed by atoms with van der Waals surface area (Å²) in [7, 11) is 0. The number of fused-ring (bicyclic) bond motifs is 6. The summed E-state index contributed by atoms with van der Waals surface area (Å²) in [6.07, 6.45) is -14.2. The van der Waals surface area contributed by atoms with Crippen LogP contribution in [-0.4, -0.2) is 9.13 Å². The van der Waals surface area contributed by atoms with Gasteiger partial charge in [-0.05, 0) is 134 Å². The van der Waals surface area contributed by atoms with Crippen molar-refractivity contribution in [2.24, 2.45) is 0 Å². The monoisotopic (exact) mass is 831 g/mol. The van der Waals surface area contributed by atoms with E-state index in [1.54, 1.807) is 47.9 Å². The van der Waals surface area contributed by atoms with E-state index in [-0.39, 0.29) is 27.5 Å². The van der Waals surface area contributed by atoms with Gasteiger partial charge in [0.25, 0.3) is 0 Å². The zero-order valence-corrected chi connectivity index (χ0v) is 32.4. The van der Waals surface area contributed by atoms with Gasteiger partial charge in [-0.15, -0.1) is 0 Å². The number of rotatable bonds is 4. The average molecular weight is 832 g/mol. The van der Waals surface area contributed by atoms with Crippen LogP contribution in [-0.2, 0) is 18.5 Å². The van der Waals surface area contributed by atoms with Crippen LogP contribution in [0, 0.1) is 27.3 Å². The van der Waals surface area contributed by atoms with Crippen molar-refractivity contribution in [2.75, 3.05) is 0 Å². The quantitative estimate of drug-likeness (QED) is 0.124. The average Bonchev–Trinajstić information content (AvgIpc) is 3.70. The molecule has 0 saturated heterocycles. The third kappa shape index (κ3) is 6.74. The van der Waals surface area contributed by atoms with Gasteiger partial charge in [0.2, 0.25) is 0 Å². The first-order valence-electron chi connectivity index (χ1n) is 18.9. The number of nitrogens with zero attached hydrogens (tertiary/aromatic N) is 3. The minimum absolute atomic E-state index is 0.0697. The molecule has 0 bridgehead atoms. The molecule has 0 saturated carbocycles. The van der Waals surface area contributed by atoms with E-state index in [9.17, 15) is 39.5 Å². The van der Waals surface area contributed by atoms with E-state index < -0.39 is 35.2 Å². The Morgan fingerprint density at radius 3 is 1.39 bits per heavy atom. The van der Waals surface area contributed by atoms with Gasteiger partial charge in [-0.3, -0.25) is 0 Å². The lowest BCUT2D eigenvalue weighted by molar-refractivity contribution is -0.138. The molecule has 304 valence electrons. The molecule has 0 amide bonds. The van der Waals surface area contributed by atoms with Gasteiger partial charge in [0.15, 0.2) is 5.69 Å². The summed E-state index contributed by atoms with van der Waals surface area (Å²) < 4.78 is 131. The Hall–Kier alpha value is -7.00. The number of benzene rings is 7. The molecule has 0 N–H and O–H groups in total. The molecule has 12 heteroatoms. The second-order valence-corrected chi connectivity index (χ2v) is 15.3. The molecule has 0 atom stereocenters. The van der Waals surface area contributed by atoms with Crippen LogP contribution in [0.15, 0.2) is 127 Å². The van der Waals surface area contributed by atoms with Crippen molar-refractivity contribution in [2.45, 2.75) is 39.3 Å². The van der Waals surface area contributed by atoms with Crippen molar-refractivity contribution in [3.63, 3.8) is 0 Å². The lowest BCUT2D eigenvalue weighted by atomic mass is 9.94. The molecule has 9 aromatic rings. The minimum atomic E-state index is -4.79. The van der Waals surface area contributed by atoms with Gasteiger partial charge in [0.05, 0.1) is 56.7 Å². The van der Waals surface area contributed by atoms with Gasteiger partial charge in [0.1, 0.15) is 0 Å². The summed E-state index contributed by atoms with van der Waals surface area (Å²) in [6.45, 7) is 13.5. The third-order valence-electron chi connectivity index (χ3n) is 11.1. The molecule has 61 heavy (non-hydrogen) atoms. The minimum Gasteiger partial charge on any atom is -0.309 e. The van der Waals surface area contributed by atoms with Gasteiger partial charge in [-0.25, -0.2) is 4.85 Å². The zero-order chi connectivity index (χ0) is 43.3. The summed E-state index contributed by atoms with van der Waals surface area (Å²) in [5, 5.41) is 1.67. The highest BCUT2D eigenvalue weighted by Gasteiger charge is 2.34. The highest BCUT2D eigenvalue weighted by Crippen LogP contribution is 2.46. The second-order valence-electron chi connectivity index (χ2n) is 15.3. The number of aryl methyl sites for hydroxylation is 3. The Kier molecular flexibility index (Phi) is 8.91. The largest absolute Gasteiger partial charge is 0.416 e. The Labute approximate surface area is 342 Å².